The maximum Gasteiger partial charge on any atom is 0.303 e. The predicted molar refractivity (Wildman–Crippen MR) is 100 cm³/mol. The third kappa shape index (κ3) is 5.44. The molecule has 6 heteroatoms. The number of amides is 2. The number of hydrogen-bond donors (Lipinski definition) is 3. The molecule has 0 fully saturated rings. The molecule has 136 valence electrons. The highest BCUT2D eigenvalue weighted by molar-refractivity contribution is 6.05. The van der Waals surface area contributed by atoms with Gasteiger partial charge in [-0.2, -0.15) is 0 Å². The Bertz CT molecular complexity index is 830. The van der Waals surface area contributed by atoms with Crippen molar-refractivity contribution in [2.24, 2.45) is 0 Å². The molecule has 0 heterocycles. The molecule has 0 radical (unpaired) electrons. The van der Waals surface area contributed by atoms with Crippen molar-refractivity contribution in [2.45, 2.75) is 33.1 Å². The summed E-state index contributed by atoms with van der Waals surface area (Å²) in [5.41, 5.74) is 3.76. The molecule has 0 atom stereocenters. The van der Waals surface area contributed by atoms with Crippen LogP contribution < -0.4 is 10.6 Å². The van der Waals surface area contributed by atoms with Crippen LogP contribution in [0.5, 0.6) is 0 Å². The molecule has 0 aliphatic rings. The fourth-order valence-electron chi connectivity index (χ4n) is 2.44. The van der Waals surface area contributed by atoms with Gasteiger partial charge >= 0.3 is 5.97 Å². The Labute approximate surface area is 152 Å². The fraction of sp³-hybridized carbons (Fsp3) is 0.250. The number of carboxylic acid groups (broad SMARTS) is 1. The molecule has 0 saturated carbocycles. The fourth-order valence-corrected chi connectivity index (χ4v) is 2.44. The highest BCUT2D eigenvalue weighted by Gasteiger charge is 2.10. The Morgan fingerprint density at radius 3 is 2.42 bits per heavy atom. The van der Waals surface area contributed by atoms with Gasteiger partial charge in [0.25, 0.3) is 5.91 Å². The minimum Gasteiger partial charge on any atom is -0.481 e. The topological polar surface area (TPSA) is 95.5 Å². The van der Waals surface area contributed by atoms with Crippen molar-refractivity contribution in [3.63, 3.8) is 0 Å². The number of anilines is 2. The van der Waals surface area contributed by atoms with E-state index in [1.165, 1.54) is 0 Å². The van der Waals surface area contributed by atoms with Gasteiger partial charge in [-0.3, -0.25) is 14.4 Å². The van der Waals surface area contributed by atoms with Gasteiger partial charge in [-0.05, 0) is 55.7 Å². The summed E-state index contributed by atoms with van der Waals surface area (Å²) in [6.07, 6.45) is 0.338. The molecule has 6 nitrogen and oxygen atoms in total. The van der Waals surface area contributed by atoms with Crippen LogP contribution in [-0.4, -0.2) is 22.9 Å². The van der Waals surface area contributed by atoms with Crippen molar-refractivity contribution in [2.75, 3.05) is 10.6 Å². The number of carbonyl (C=O) groups excluding carboxylic acids is 2. The lowest BCUT2D eigenvalue weighted by atomic mass is 10.1. The van der Waals surface area contributed by atoms with Crippen LogP contribution in [-0.2, 0) is 9.59 Å². The maximum atomic E-state index is 12.5. The van der Waals surface area contributed by atoms with E-state index in [0.29, 0.717) is 11.3 Å². The van der Waals surface area contributed by atoms with Gasteiger partial charge in [0, 0.05) is 29.8 Å². The highest BCUT2D eigenvalue weighted by atomic mass is 16.4. The lowest BCUT2D eigenvalue weighted by Crippen LogP contribution is -2.15. The number of rotatable bonds is 7. The first-order valence-corrected chi connectivity index (χ1v) is 8.36. The van der Waals surface area contributed by atoms with E-state index in [1.54, 1.807) is 24.3 Å². The van der Waals surface area contributed by atoms with Crippen molar-refractivity contribution >= 4 is 29.2 Å². The molecule has 0 saturated heterocycles. The van der Waals surface area contributed by atoms with Crippen LogP contribution in [0.25, 0.3) is 0 Å². The van der Waals surface area contributed by atoms with E-state index in [2.05, 4.69) is 10.6 Å². The van der Waals surface area contributed by atoms with Gasteiger partial charge in [-0.1, -0.05) is 18.2 Å². The van der Waals surface area contributed by atoms with Crippen molar-refractivity contribution < 1.29 is 19.5 Å². The second-order valence-electron chi connectivity index (χ2n) is 6.08. The van der Waals surface area contributed by atoms with E-state index in [-0.39, 0.29) is 31.1 Å². The molecule has 0 unspecified atom stereocenters. The van der Waals surface area contributed by atoms with Gasteiger partial charge in [0.1, 0.15) is 0 Å². The lowest BCUT2D eigenvalue weighted by molar-refractivity contribution is -0.137. The Hall–Kier alpha value is -3.15. The summed E-state index contributed by atoms with van der Waals surface area (Å²) in [6.45, 7) is 3.92. The Balaban J connectivity index is 2.01. The minimum atomic E-state index is -0.928. The SMILES string of the molecule is Cc1cccc(NC(=O)c2cccc(NC(=O)CCCC(=O)O)c2)c1C. The van der Waals surface area contributed by atoms with Gasteiger partial charge in [-0.25, -0.2) is 0 Å². The molecule has 2 aromatic carbocycles. The van der Waals surface area contributed by atoms with E-state index >= 15 is 0 Å². The maximum absolute atomic E-state index is 12.5. The summed E-state index contributed by atoms with van der Waals surface area (Å²) >= 11 is 0. The van der Waals surface area contributed by atoms with Crippen molar-refractivity contribution in [1.29, 1.82) is 0 Å². The average molecular weight is 354 g/mol. The molecule has 0 spiro atoms. The van der Waals surface area contributed by atoms with Gasteiger partial charge in [-0.15, -0.1) is 0 Å². The monoisotopic (exact) mass is 354 g/mol. The number of carbonyl (C=O) groups is 3. The van der Waals surface area contributed by atoms with E-state index in [0.717, 1.165) is 16.8 Å². The van der Waals surface area contributed by atoms with Crippen LogP contribution in [0.4, 0.5) is 11.4 Å². The van der Waals surface area contributed by atoms with Crippen molar-refractivity contribution in [3.05, 3.63) is 59.2 Å². The molecule has 2 amide bonds. The van der Waals surface area contributed by atoms with Gasteiger partial charge < -0.3 is 15.7 Å². The quantitative estimate of drug-likeness (QED) is 0.705. The lowest BCUT2D eigenvalue weighted by Gasteiger charge is -2.11. The predicted octanol–water partition coefficient (Wildman–Crippen LogP) is 3.75. The molecule has 0 aliphatic carbocycles. The number of aryl methyl sites for hydroxylation is 1. The molecule has 0 aliphatic heterocycles. The minimum absolute atomic E-state index is 0.0499. The number of nitrogens with one attached hydrogen (secondary N) is 2. The van der Waals surface area contributed by atoms with Crippen LogP contribution in [0.2, 0.25) is 0 Å². The summed E-state index contributed by atoms with van der Waals surface area (Å²) in [5, 5.41) is 14.2. The van der Waals surface area contributed by atoms with E-state index in [9.17, 15) is 14.4 Å². The van der Waals surface area contributed by atoms with Crippen LogP contribution >= 0.6 is 0 Å². The number of benzene rings is 2. The second-order valence-corrected chi connectivity index (χ2v) is 6.08. The third-order valence-electron chi connectivity index (χ3n) is 4.06. The van der Waals surface area contributed by atoms with E-state index in [4.69, 9.17) is 5.11 Å². The highest BCUT2D eigenvalue weighted by Crippen LogP contribution is 2.20. The number of aliphatic carboxylic acids is 1. The summed E-state index contributed by atoms with van der Waals surface area (Å²) in [6, 6.07) is 12.3. The van der Waals surface area contributed by atoms with Crippen molar-refractivity contribution in [1.82, 2.24) is 0 Å². The van der Waals surface area contributed by atoms with Crippen LogP contribution in [0.1, 0.15) is 40.7 Å². The number of carboxylic acids is 1. The first kappa shape index (κ1) is 19.2. The molecule has 0 aromatic heterocycles. The van der Waals surface area contributed by atoms with Crippen LogP contribution in [0.3, 0.4) is 0 Å². The molecule has 0 bridgehead atoms. The second kappa shape index (κ2) is 8.80. The summed E-state index contributed by atoms with van der Waals surface area (Å²) in [7, 11) is 0. The normalized spacial score (nSPS) is 10.2. The first-order valence-electron chi connectivity index (χ1n) is 8.36. The molecule has 3 N–H and O–H groups in total. The van der Waals surface area contributed by atoms with Gasteiger partial charge in [0.05, 0.1) is 0 Å². The Morgan fingerprint density at radius 1 is 0.962 bits per heavy atom. The zero-order valence-corrected chi connectivity index (χ0v) is 14.8. The van der Waals surface area contributed by atoms with E-state index < -0.39 is 5.97 Å². The van der Waals surface area contributed by atoms with Crippen LogP contribution in [0, 0.1) is 13.8 Å². The molecular weight excluding hydrogens is 332 g/mol. The molecule has 26 heavy (non-hydrogen) atoms. The van der Waals surface area contributed by atoms with E-state index in [1.807, 2.05) is 32.0 Å². The third-order valence-corrected chi connectivity index (χ3v) is 4.06. The summed E-state index contributed by atoms with van der Waals surface area (Å²) in [4.78, 5) is 34.8. The average Bonchev–Trinajstić information content (AvgIpc) is 2.59. The van der Waals surface area contributed by atoms with Gasteiger partial charge in [0.2, 0.25) is 5.91 Å². The van der Waals surface area contributed by atoms with Crippen LogP contribution in [0.15, 0.2) is 42.5 Å². The summed E-state index contributed by atoms with van der Waals surface area (Å²) in [5.74, 6) is -1.47. The first-order chi connectivity index (χ1) is 12.4. The largest absolute Gasteiger partial charge is 0.481 e. The zero-order chi connectivity index (χ0) is 19.1. The Morgan fingerprint density at radius 2 is 1.69 bits per heavy atom. The smallest absolute Gasteiger partial charge is 0.303 e. The standard InChI is InChI=1S/C20H22N2O4/c1-13-6-3-9-17(14(13)2)22-20(26)15-7-4-8-16(12-15)21-18(23)10-5-11-19(24)25/h3-4,6-9,12H,5,10-11H2,1-2H3,(H,21,23)(H,22,26)(H,24,25). The van der Waals surface area contributed by atoms with Crippen molar-refractivity contribution in [3.8, 4) is 0 Å². The number of hydrogen-bond acceptors (Lipinski definition) is 3. The molecule has 2 rings (SSSR count). The zero-order valence-electron chi connectivity index (χ0n) is 14.8. The Kier molecular flexibility index (Phi) is 6.49. The molecular formula is C20H22N2O4. The molecule has 2 aromatic rings. The van der Waals surface area contributed by atoms with Gasteiger partial charge in [0.15, 0.2) is 0 Å². The summed E-state index contributed by atoms with van der Waals surface area (Å²) < 4.78 is 0.